The summed E-state index contributed by atoms with van der Waals surface area (Å²) in [6.07, 6.45) is 0. The van der Waals surface area contributed by atoms with Crippen molar-refractivity contribution in [2.45, 2.75) is 59.7 Å². The fourth-order valence-corrected chi connectivity index (χ4v) is 2.32. The van der Waals surface area contributed by atoms with Gasteiger partial charge in [-0.2, -0.15) is 9.78 Å². The Morgan fingerprint density at radius 1 is 0.645 bits per heavy atom. The van der Waals surface area contributed by atoms with Gasteiger partial charge in [0.05, 0.1) is 11.1 Å². The van der Waals surface area contributed by atoms with Crippen molar-refractivity contribution in [3.05, 3.63) is 70.3 Å². The first-order valence-corrected chi connectivity index (χ1v) is 9.82. The van der Waals surface area contributed by atoms with Gasteiger partial charge in [0.2, 0.25) is 0 Å². The molecule has 0 aliphatic rings. The molecule has 7 heteroatoms. The second-order valence-corrected chi connectivity index (χ2v) is 9.09. The van der Waals surface area contributed by atoms with Crippen molar-refractivity contribution in [2.24, 2.45) is 0 Å². The van der Waals surface area contributed by atoms with E-state index in [1.54, 1.807) is 53.7 Å². The van der Waals surface area contributed by atoms with Gasteiger partial charge in [0.1, 0.15) is 11.2 Å². The molecule has 0 bridgehead atoms. The first-order valence-electron chi connectivity index (χ1n) is 9.82. The lowest BCUT2D eigenvalue weighted by Crippen LogP contribution is -2.25. The Morgan fingerprint density at radius 2 is 1.10 bits per heavy atom. The van der Waals surface area contributed by atoms with Gasteiger partial charge in [0.25, 0.3) is 0 Å². The van der Waals surface area contributed by atoms with Gasteiger partial charge in [-0.05, 0) is 60.6 Å². The molecule has 0 heterocycles. The van der Waals surface area contributed by atoms with Gasteiger partial charge in [-0.15, -0.1) is 0 Å². The zero-order valence-corrected chi connectivity index (χ0v) is 18.9. The molecular weight excluding hydrogens is 400 g/mol. The van der Waals surface area contributed by atoms with E-state index in [9.17, 15) is 14.4 Å². The molecule has 31 heavy (non-hydrogen) atoms. The van der Waals surface area contributed by atoms with Crippen LogP contribution in [0.25, 0.3) is 0 Å². The third-order valence-corrected chi connectivity index (χ3v) is 3.77. The summed E-state index contributed by atoms with van der Waals surface area (Å²) >= 11 is 0. The number of aryl methyl sites for hydroxylation is 1. The van der Waals surface area contributed by atoms with Gasteiger partial charge >= 0.3 is 11.9 Å². The molecule has 2 aromatic rings. The van der Waals surface area contributed by atoms with E-state index in [1.807, 2.05) is 19.1 Å². The summed E-state index contributed by atoms with van der Waals surface area (Å²) in [5.74, 6) is -2.14. The van der Waals surface area contributed by atoms with Crippen LogP contribution in [0.4, 0.5) is 0 Å². The molecule has 2 rings (SSSR count). The SMILES string of the molecule is Cc1ccc(C(=O)c2ccc(C(=O)OOC(C)(C)C)c(C(=O)OOC(C)(C)C)c2)cc1. The topological polar surface area (TPSA) is 88.1 Å². The summed E-state index contributed by atoms with van der Waals surface area (Å²) in [5, 5.41) is 0. The molecule has 0 N–H and O–H groups in total. The Bertz CT molecular complexity index is 961. The predicted octanol–water partition coefficient (Wildman–Crippen LogP) is 5.00. The van der Waals surface area contributed by atoms with E-state index in [1.165, 1.54) is 18.2 Å². The minimum Gasteiger partial charge on any atom is -0.292 e. The van der Waals surface area contributed by atoms with Crippen LogP contribution in [0.15, 0.2) is 42.5 Å². The van der Waals surface area contributed by atoms with Crippen LogP contribution in [-0.2, 0) is 19.6 Å². The lowest BCUT2D eigenvalue weighted by atomic mass is 9.97. The van der Waals surface area contributed by atoms with E-state index in [0.717, 1.165) is 5.56 Å². The van der Waals surface area contributed by atoms with E-state index >= 15 is 0 Å². The molecule has 0 radical (unpaired) electrons. The van der Waals surface area contributed by atoms with Gasteiger partial charge in [-0.3, -0.25) is 14.6 Å². The molecule has 0 aliphatic heterocycles. The second-order valence-electron chi connectivity index (χ2n) is 9.09. The fourth-order valence-electron chi connectivity index (χ4n) is 2.32. The Morgan fingerprint density at radius 3 is 1.58 bits per heavy atom. The van der Waals surface area contributed by atoms with Crippen molar-refractivity contribution in [2.75, 3.05) is 0 Å². The number of hydrogen-bond donors (Lipinski definition) is 0. The summed E-state index contributed by atoms with van der Waals surface area (Å²) in [7, 11) is 0. The van der Waals surface area contributed by atoms with E-state index in [2.05, 4.69) is 0 Å². The highest BCUT2D eigenvalue weighted by Crippen LogP contribution is 2.20. The van der Waals surface area contributed by atoms with E-state index in [4.69, 9.17) is 19.6 Å². The number of carbonyl (C=O) groups is 3. The molecule has 0 unspecified atom stereocenters. The zero-order valence-electron chi connectivity index (χ0n) is 18.9. The smallest absolute Gasteiger partial charge is 0.292 e. The minimum atomic E-state index is -0.934. The zero-order chi connectivity index (χ0) is 23.4. The summed E-state index contributed by atoms with van der Waals surface area (Å²) in [5.41, 5.74) is -0.135. The number of hydrogen-bond acceptors (Lipinski definition) is 7. The summed E-state index contributed by atoms with van der Waals surface area (Å²) in [6, 6.07) is 11.1. The molecule has 0 aliphatic carbocycles. The van der Waals surface area contributed by atoms with Gasteiger partial charge in [-0.25, -0.2) is 9.59 Å². The number of rotatable bonds is 6. The van der Waals surface area contributed by atoms with E-state index in [-0.39, 0.29) is 22.5 Å². The van der Waals surface area contributed by atoms with Crippen LogP contribution in [0.2, 0.25) is 0 Å². The Hall–Kier alpha value is -3.03. The highest BCUT2D eigenvalue weighted by molar-refractivity contribution is 6.11. The number of carbonyl (C=O) groups excluding carboxylic acids is 3. The van der Waals surface area contributed by atoms with Crippen LogP contribution < -0.4 is 0 Å². The molecule has 0 saturated carbocycles. The maximum Gasteiger partial charge on any atom is 0.374 e. The molecule has 0 spiro atoms. The Labute approximate surface area is 182 Å². The third-order valence-electron chi connectivity index (χ3n) is 3.77. The van der Waals surface area contributed by atoms with E-state index < -0.39 is 23.1 Å². The van der Waals surface area contributed by atoms with Gasteiger partial charge < -0.3 is 0 Å². The summed E-state index contributed by atoms with van der Waals surface area (Å²) in [4.78, 5) is 57.9. The van der Waals surface area contributed by atoms with Crippen molar-refractivity contribution < 1.29 is 33.9 Å². The number of ketones is 1. The van der Waals surface area contributed by atoms with Gasteiger partial charge in [0.15, 0.2) is 5.78 Å². The van der Waals surface area contributed by atoms with Crippen molar-refractivity contribution in [1.82, 2.24) is 0 Å². The molecule has 0 atom stereocenters. The van der Waals surface area contributed by atoms with Crippen molar-refractivity contribution in [3.8, 4) is 0 Å². The molecular formula is C24H28O7. The third kappa shape index (κ3) is 7.31. The normalized spacial score (nSPS) is 11.7. The van der Waals surface area contributed by atoms with Gasteiger partial charge in [0, 0.05) is 11.1 Å². The quantitative estimate of drug-likeness (QED) is 0.363. The van der Waals surface area contributed by atoms with E-state index in [0.29, 0.717) is 5.56 Å². The Kier molecular flexibility index (Phi) is 7.36. The molecule has 7 nitrogen and oxygen atoms in total. The molecule has 166 valence electrons. The van der Waals surface area contributed by atoms with Crippen LogP contribution in [0.3, 0.4) is 0 Å². The monoisotopic (exact) mass is 428 g/mol. The molecule has 0 saturated heterocycles. The highest BCUT2D eigenvalue weighted by atomic mass is 17.2. The van der Waals surface area contributed by atoms with Crippen LogP contribution in [0, 0.1) is 6.92 Å². The first kappa shape index (κ1) is 24.2. The average molecular weight is 428 g/mol. The summed E-state index contributed by atoms with van der Waals surface area (Å²) in [6.45, 7) is 12.1. The van der Waals surface area contributed by atoms with Crippen LogP contribution >= 0.6 is 0 Å². The van der Waals surface area contributed by atoms with Crippen LogP contribution in [0.5, 0.6) is 0 Å². The molecule has 0 fully saturated rings. The van der Waals surface area contributed by atoms with Crippen LogP contribution in [-0.4, -0.2) is 28.9 Å². The van der Waals surface area contributed by atoms with Crippen molar-refractivity contribution in [1.29, 1.82) is 0 Å². The maximum absolute atomic E-state index is 12.9. The summed E-state index contributed by atoms with van der Waals surface area (Å²) < 4.78 is 0. The average Bonchev–Trinajstić information content (AvgIpc) is 2.68. The minimum absolute atomic E-state index is 0.118. The van der Waals surface area contributed by atoms with Crippen molar-refractivity contribution in [3.63, 3.8) is 0 Å². The van der Waals surface area contributed by atoms with Crippen LogP contribution in [0.1, 0.15) is 83.7 Å². The Balaban J connectivity index is 2.40. The first-order chi connectivity index (χ1) is 14.3. The molecule has 0 amide bonds. The van der Waals surface area contributed by atoms with Gasteiger partial charge in [-0.1, -0.05) is 35.9 Å². The number of benzene rings is 2. The molecule has 0 aromatic heterocycles. The van der Waals surface area contributed by atoms with Crippen molar-refractivity contribution >= 4 is 17.7 Å². The lowest BCUT2D eigenvalue weighted by Gasteiger charge is -2.18. The highest BCUT2D eigenvalue weighted by Gasteiger charge is 2.26. The second kappa shape index (κ2) is 9.41. The lowest BCUT2D eigenvalue weighted by molar-refractivity contribution is -0.302. The largest absolute Gasteiger partial charge is 0.374 e. The standard InChI is InChI=1S/C24H28O7/c1-15-8-10-16(11-9-15)20(25)17-12-13-18(21(26)28-30-23(2,3)4)19(14-17)22(27)29-31-24(5,6)7/h8-14H,1-7H3. The molecule has 2 aromatic carbocycles. The fraction of sp³-hybridized carbons (Fsp3) is 0.375. The predicted molar refractivity (Wildman–Crippen MR) is 114 cm³/mol. The maximum atomic E-state index is 12.9.